The fourth-order valence-electron chi connectivity index (χ4n) is 1.86. The third-order valence-corrected chi connectivity index (χ3v) is 2.89. The van der Waals surface area contributed by atoms with Crippen molar-refractivity contribution in [2.24, 2.45) is 5.92 Å². The van der Waals surface area contributed by atoms with Crippen molar-refractivity contribution >= 4 is 35.3 Å². The van der Waals surface area contributed by atoms with Crippen LogP contribution in [0.15, 0.2) is 24.3 Å². The second-order valence-corrected chi connectivity index (χ2v) is 4.93. The Morgan fingerprint density at radius 2 is 1.83 bits per heavy atom. The first-order chi connectivity index (χ1) is 8.11. The van der Waals surface area contributed by atoms with E-state index in [4.69, 9.17) is 0 Å². The van der Waals surface area contributed by atoms with Crippen molar-refractivity contribution < 1.29 is 9.90 Å². The van der Waals surface area contributed by atoms with Crippen LogP contribution in [0.1, 0.15) is 56.3 Å². The van der Waals surface area contributed by atoms with Crippen LogP contribution in [0.3, 0.4) is 0 Å². The summed E-state index contributed by atoms with van der Waals surface area (Å²) < 4.78 is 0. The van der Waals surface area contributed by atoms with Crippen molar-refractivity contribution in [3.63, 3.8) is 0 Å². The Labute approximate surface area is 132 Å². The molecule has 0 atom stereocenters. The van der Waals surface area contributed by atoms with E-state index in [1.54, 1.807) is 24.3 Å². The maximum Gasteiger partial charge on any atom is 0.166 e. The molecule has 0 fully saturated rings. The molecule has 1 aromatic carbocycles. The van der Waals surface area contributed by atoms with Crippen LogP contribution < -0.4 is 0 Å². The predicted molar refractivity (Wildman–Crippen MR) is 76.1 cm³/mol. The molecular formula is C15H22NaO2. The van der Waals surface area contributed by atoms with Gasteiger partial charge in [0.05, 0.1) is 5.56 Å². The number of unbranched alkanes of at least 4 members (excludes halogenated alkanes) is 2. The van der Waals surface area contributed by atoms with Gasteiger partial charge in [0, 0.05) is 36.0 Å². The molecule has 0 saturated carbocycles. The molecule has 0 bridgehead atoms. The largest absolute Gasteiger partial charge is 0.507 e. The standard InChI is InChI=1S/C15H22O2.Na/c1-12(2)8-4-3-5-10-14(16)13-9-6-7-11-15(13)17;/h6-7,9,11-12,17H,3-5,8,10H2,1-2H3;. The molecule has 0 unspecified atom stereocenters. The third kappa shape index (κ3) is 6.58. The topological polar surface area (TPSA) is 37.3 Å². The second-order valence-electron chi connectivity index (χ2n) is 4.93. The summed E-state index contributed by atoms with van der Waals surface area (Å²) in [6.45, 7) is 4.43. The maximum absolute atomic E-state index is 11.8. The van der Waals surface area contributed by atoms with Crippen molar-refractivity contribution in [2.75, 3.05) is 0 Å². The molecule has 0 saturated heterocycles. The van der Waals surface area contributed by atoms with Crippen LogP contribution in [0.25, 0.3) is 0 Å². The summed E-state index contributed by atoms with van der Waals surface area (Å²) in [5.41, 5.74) is 0.455. The predicted octanol–water partition coefficient (Wildman–Crippen LogP) is 3.80. The van der Waals surface area contributed by atoms with Crippen LogP contribution in [0.4, 0.5) is 0 Å². The molecule has 3 heteroatoms. The first-order valence-corrected chi connectivity index (χ1v) is 6.42. The van der Waals surface area contributed by atoms with Gasteiger partial charge in [0.25, 0.3) is 0 Å². The average molecular weight is 257 g/mol. The number of para-hydroxylation sites is 1. The Balaban J connectivity index is 0.00000289. The summed E-state index contributed by atoms with van der Waals surface area (Å²) in [7, 11) is 0. The van der Waals surface area contributed by atoms with E-state index in [0.29, 0.717) is 12.0 Å². The van der Waals surface area contributed by atoms with Gasteiger partial charge in [-0.1, -0.05) is 45.2 Å². The van der Waals surface area contributed by atoms with Gasteiger partial charge in [-0.2, -0.15) is 0 Å². The van der Waals surface area contributed by atoms with Crippen LogP contribution >= 0.6 is 0 Å². The quantitative estimate of drug-likeness (QED) is 0.458. The van der Waals surface area contributed by atoms with Gasteiger partial charge in [-0.25, -0.2) is 0 Å². The molecule has 18 heavy (non-hydrogen) atoms. The first-order valence-electron chi connectivity index (χ1n) is 6.42. The van der Waals surface area contributed by atoms with E-state index in [2.05, 4.69) is 13.8 Å². The van der Waals surface area contributed by atoms with E-state index in [0.717, 1.165) is 18.8 Å². The van der Waals surface area contributed by atoms with E-state index in [-0.39, 0.29) is 41.1 Å². The molecule has 0 spiro atoms. The summed E-state index contributed by atoms with van der Waals surface area (Å²) in [6.07, 6.45) is 4.96. The molecular weight excluding hydrogens is 235 g/mol. The summed E-state index contributed by atoms with van der Waals surface area (Å²) >= 11 is 0. The molecule has 1 aromatic rings. The number of hydrogen-bond acceptors (Lipinski definition) is 2. The Kier molecular flexibility index (Phi) is 9.43. The number of hydrogen-bond donors (Lipinski definition) is 1. The Morgan fingerprint density at radius 3 is 2.44 bits per heavy atom. The van der Waals surface area contributed by atoms with E-state index in [1.807, 2.05) is 0 Å². The summed E-state index contributed by atoms with van der Waals surface area (Å²) in [5, 5.41) is 9.54. The summed E-state index contributed by atoms with van der Waals surface area (Å²) in [4.78, 5) is 11.8. The number of phenolic OH excluding ortho intramolecular Hbond substituents is 1. The minimum absolute atomic E-state index is 0. The molecule has 0 amide bonds. The van der Waals surface area contributed by atoms with Gasteiger partial charge in [-0.3, -0.25) is 4.79 Å². The zero-order valence-electron chi connectivity index (χ0n) is 11.8. The fraction of sp³-hybridized carbons (Fsp3) is 0.533. The van der Waals surface area contributed by atoms with Crippen molar-refractivity contribution in [1.82, 2.24) is 0 Å². The minimum atomic E-state index is 0. The van der Waals surface area contributed by atoms with Gasteiger partial charge in [0.2, 0.25) is 0 Å². The minimum Gasteiger partial charge on any atom is -0.507 e. The number of ketones is 1. The molecule has 0 aromatic heterocycles. The molecule has 0 aliphatic rings. The van der Waals surface area contributed by atoms with E-state index in [1.165, 1.54) is 12.8 Å². The van der Waals surface area contributed by atoms with Crippen LogP contribution in [-0.2, 0) is 0 Å². The number of rotatable bonds is 7. The van der Waals surface area contributed by atoms with E-state index in [9.17, 15) is 9.90 Å². The van der Waals surface area contributed by atoms with Gasteiger partial charge in [0.15, 0.2) is 5.78 Å². The molecule has 95 valence electrons. The molecule has 0 aliphatic carbocycles. The van der Waals surface area contributed by atoms with E-state index >= 15 is 0 Å². The first kappa shape index (κ1) is 17.7. The molecule has 1 N–H and O–H groups in total. The monoisotopic (exact) mass is 257 g/mol. The normalized spacial score (nSPS) is 10.2. The SMILES string of the molecule is CC(C)CCCCCC(=O)c1ccccc1O.[Na]. The van der Waals surface area contributed by atoms with E-state index < -0.39 is 0 Å². The molecule has 2 nitrogen and oxygen atoms in total. The Bertz CT molecular complexity index is 361. The fourth-order valence-corrected chi connectivity index (χ4v) is 1.86. The van der Waals surface area contributed by atoms with Gasteiger partial charge < -0.3 is 5.11 Å². The van der Waals surface area contributed by atoms with Gasteiger partial charge in [0.1, 0.15) is 5.75 Å². The van der Waals surface area contributed by atoms with Crippen molar-refractivity contribution in [2.45, 2.75) is 46.0 Å². The van der Waals surface area contributed by atoms with Crippen molar-refractivity contribution in [1.29, 1.82) is 0 Å². The molecule has 1 rings (SSSR count). The summed E-state index contributed by atoms with van der Waals surface area (Å²) in [5.74, 6) is 0.885. The third-order valence-electron chi connectivity index (χ3n) is 2.89. The summed E-state index contributed by atoms with van der Waals surface area (Å²) in [6, 6.07) is 6.76. The molecule has 0 heterocycles. The van der Waals surface area contributed by atoms with Crippen LogP contribution in [0.2, 0.25) is 0 Å². The Hall–Kier alpha value is -0.310. The molecule has 1 radical (unpaired) electrons. The zero-order valence-corrected chi connectivity index (χ0v) is 13.8. The van der Waals surface area contributed by atoms with Crippen molar-refractivity contribution in [3.8, 4) is 5.75 Å². The number of carbonyl (C=O) groups is 1. The van der Waals surface area contributed by atoms with Gasteiger partial charge >= 0.3 is 0 Å². The molecule has 0 aliphatic heterocycles. The van der Waals surface area contributed by atoms with Crippen LogP contribution in [0, 0.1) is 5.92 Å². The number of phenols is 1. The van der Waals surface area contributed by atoms with Crippen molar-refractivity contribution in [3.05, 3.63) is 29.8 Å². The second kappa shape index (κ2) is 9.60. The van der Waals surface area contributed by atoms with Gasteiger partial charge in [-0.05, 0) is 24.5 Å². The average Bonchev–Trinajstić information content (AvgIpc) is 2.28. The van der Waals surface area contributed by atoms with Gasteiger partial charge in [-0.15, -0.1) is 0 Å². The van der Waals surface area contributed by atoms with Crippen LogP contribution in [0.5, 0.6) is 5.75 Å². The number of Topliss-reactive ketones (excluding diaryl/α,β-unsaturated/α-hetero) is 1. The Morgan fingerprint density at radius 1 is 1.17 bits per heavy atom. The van der Waals surface area contributed by atoms with Crippen LogP contribution in [-0.4, -0.2) is 40.4 Å². The number of aromatic hydroxyl groups is 1. The zero-order chi connectivity index (χ0) is 12.7. The number of carbonyl (C=O) groups excluding carboxylic acids is 1. The maximum atomic E-state index is 11.8. The smallest absolute Gasteiger partial charge is 0.166 e. The number of benzene rings is 1.